The highest BCUT2D eigenvalue weighted by Crippen LogP contribution is 2.49. The van der Waals surface area contributed by atoms with E-state index in [4.69, 9.17) is 14.9 Å². The lowest BCUT2D eigenvalue weighted by Crippen LogP contribution is -2.03. The smallest absolute Gasteiger partial charge is 0.360 e. The van der Waals surface area contributed by atoms with Crippen molar-refractivity contribution in [2.45, 2.75) is 5.85 Å². The van der Waals surface area contributed by atoms with Crippen LogP contribution in [-0.2, 0) is 4.57 Å². The number of hydrogen-bond donors (Lipinski definition) is 3. The Balaban J connectivity index is 3.09. The van der Waals surface area contributed by atoms with Crippen LogP contribution in [0.25, 0.3) is 0 Å². The van der Waals surface area contributed by atoms with Crippen molar-refractivity contribution in [1.82, 2.24) is 4.98 Å². The predicted molar refractivity (Wildman–Crippen MR) is 40.0 cm³/mol. The van der Waals surface area contributed by atoms with Gasteiger partial charge in [-0.15, -0.1) is 0 Å². The highest BCUT2D eigenvalue weighted by atomic mass is 31.2. The second-order valence-electron chi connectivity index (χ2n) is 2.25. The maximum atomic E-state index is 12.7. The normalized spacial score (nSPS) is 14.2. The molecule has 1 unspecified atom stereocenters. The maximum absolute atomic E-state index is 12.7. The first-order valence-electron chi connectivity index (χ1n) is 3.18. The second kappa shape index (κ2) is 3.51. The van der Waals surface area contributed by atoms with Gasteiger partial charge in [-0.05, 0) is 6.07 Å². The minimum Gasteiger partial charge on any atom is -0.375 e. The van der Waals surface area contributed by atoms with Crippen LogP contribution in [0.5, 0.6) is 0 Å². The van der Waals surface area contributed by atoms with Gasteiger partial charge in [-0.1, -0.05) is 0 Å². The second-order valence-corrected chi connectivity index (χ2v) is 3.92. The number of pyridine rings is 1. The summed E-state index contributed by atoms with van der Waals surface area (Å²) in [5, 5.41) is 8.95. The number of halogens is 1. The van der Waals surface area contributed by atoms with Gasteiger partial charge in [0, 0.05) is 12.3 Å². The molecule has 7 heteroatoms. The summed E-state index contributed by atoms with van der Waals surface area (Å²) in [4.78, 5) is 20.3. The van der Waals surface area contributed by atoms with Gasteiger partial charge >= 0.3 is 7.60 Å². The van der Waals surface area contributed by atoms with Gasteiger partial charge in [0.05, 0.1) is 0 Å². The third-order valence-corrected chi connectivity index (χ3v) is 2.17. The molecule has 1 radical (unpaired) electrons. The Kier molecular flexibility index (Phi) is 2.77. The van der Waals surface area contributed by atoms with E-state index in [-0.39, 0.29) is 0 Å². The number of rotatable bonds is 2. The maximum Gasteiger partial charge on any atom is 0.360 e. The molecule has 1 aromatic rings. The summed E-state index contributed by atoms with van der Waals surface area (Å²) in [6.07, 6.45) is 1.08. The van der Waals surface area contributed by atoms with Crippen molar-refractivity contribution < 1.29 is 23.8 Å². The van der Waals surface area contributed by atoms with Crippen molar-refractivity contribution in [3.8, 4) is 0 Å². The van der Waals surface area contributed by atoms with Crippen molar-refractivity contribution >= 4 is 7.60 Å². The molecule has 0 aromatic carbocycles. The number of hydrogen-bond acceptors (Lipinski definition) is 3. The van der Waals surface area contributed by atoms with Crippen LogP contribution in [0, 0.1) is 11.9 Å². The van der Waals surface area contributed by atoms with Gasteiger partial charge in [-0.3, -0.25) is 9.55 Å². The van der Waals surface area contributed by atoms with Crippen LogP contribution in [0.2, 0.25) is 0 Å². The van der Waals surface area contributed by atoms with E-state index in [1.165, 1.54) is 0 Å². The van der Waals surface area contributed by atoms with Gasteiger partial charge in [-0.2, -0.15) is 0 Å². The van der Waals surface area contributed by atoms with Crippen LogP contribution in [0.15, 0.2) is 12.3 Å². The van der Waals surface area contributed by atoms with Gasteiger partial charge in [0.1, 0.15) is 5.69 Å². The van der Waals surface area contributed by atoms with Gasteiger partial charge in [0.2, 0.25) is 5.85 Å². The molecule has 0 aliphatic carbocycles. The first kappa shape index (κ1) is 10.3. The zero-order valence-electron chi connectivity index (χ0n) is 6.25. The fraction of sp³-hybridized carbons (Fsp3) is 0.167. The van der Waals surface area contributed by atoms with Gasteiger partial charge in [0.15, 0.2) is 5.82 Å². The molecule has 3 N–H and O–H groups in total. The SMILES string of the molecule is O=P(O)(O)C(O)c1ncc[c]c1F. The summed E-state index contributed by atoms with van der Waals surface area (Å²) in [5.41, 5.74) is -0.698. The molecule has 1 heterocycles. The summed E-state index contributed by atoms with van der Waals surface area (Å²) in [6, 6.07) is 3.15. The quantitative estimate of drug-likeness (QED) is 0.601. The molecular weight excluding hydrogens is 200 g/mol. The highest BCUT2D eigenvalue weighted by Gasteiger charge is 2.31. The van der Waals surface area contributed by atoms with E-state index in [1.807, 2.05) is 6.07 Å². The molecule has 0 fully saturated rings. The van der Waals surface area contributed by atoms with Gasteiger partial charge < -0.3 is 14.9 Å². The molecule has 1 atom stereocenters. The van der Waals surface area contributed by atoms with E-state index in [9.17, 15) is 8.96 Å². The Morgan fingerprint density at radius 1 is 1.62 bits per heavy atom. The van der Waals surface area contributed by atoms with E-state index >= 15 is 0 Å². The molecule has 71 valence electrons. The van der Waals surface area contributed by atoms with Crippen molar-refractivity contribution in [2.24, 2.45) is 0 Å². The Labute approximate surface area is 73.0 Å². The minimum absolute atomic E-state index is 0.698. The van der Waals surface area contributed by atoms with Crippen LogP contribution in [0.4, 0.5) is 4.39 Å². The highest BCUT2D eigenvalue weighted by molar-refractivity contribution is 7.51. The van der Waals surface area contributed by atoms with E-state index < -0.39 is 25.0 Å². The predicted octanol–water partition coefficient (Wildman–Crippen LogP) is 0.189. The van der Waals surface area contributed by atoms with E-state index in [0.717, 1.165) is 12.3 Å². The van der Waals surface area contributed by atoms with Gasteiger partial charge in [0.25, 0.3) is 0 Å². The molecule has 0 aliphatic heterocycles. The average Bonchev–Trinajstić information content (AvgIpc) is 2.02. The Morgan fingerprint density at radius 2 is 2.23 bits per heavy atom. The van der Waals surface area contributed by atoms with Crippen molar-refractivity contribution in [2.75, 3.05) is 0 Å². The number of nitrogens with zero attached hydrogens (tertiary/aromatic N) is 1. The fourth-order valence-electron chi connectivity index (χ4n) is 0.698. The van der Waals surface area contributed by atoms with Crippen LogP contribution >= 0.6 is 7.60 Å². The molecule has 0 saturated carbocycles. The zero-order chi connectivity index (χ0) is 10.1. The standard InChI is InChI=1S/C6H6FNO4P/c7-4-2-1-3-8-5(4)6(9)13(10,11)12/h1,3,6,9H,(H2,10,11,12). The molecular formula is C6H6FNO4P. The molecule has 5 nitrogen and oxygen atoms in total. The topological polar surface area (TPSA) is 90.7 Å². The summed E-state index contributed by atoms with van der Waals surface area (Å²) in [5.74, 6) is -3.30. The Bertz CT molecular complexity index is 352. The Morgan fingerprint density at radius 3 is 2.69 bits per heavy atom. The fourth-order valence-corrected chi connectivity index (χ4v) is 1.20. The molecule has 1 aromatic heterocycles. The number of aromatic nitrogens is 1. The minimum atomic E-state index is -4.77. The monoisotopic (exact) mass is 206 g/mol. The van der Waals surface area contributed by atoms with Crippen LogP contribution in [0.1, 0.15) is 11.5 Å². The molecule has 13 heavy (non-hydrogen) atoms. The van der Waals surface area contributed by atoms with Crippen LogP contribution < -0.4 is 0 Å². The third kappa shape index (κ3) is 2.32. The third-order valence-electron chi connectivity index (χ3n) is 1.29. The molecule has 0 aliphatic rings. The summed E-state index contributed by atoms with van der Waals surface area (Å²) < 4.78 is 23.3. The van der Waals surface area contributed by atoms with Crippen LogP contribution in [-0.4, -0.2) is 19.9 Å². The van der Waals surface area contributed by atoms with Crippen molar-refractivity contribution in [3.05, 3.63) is 29.8 Å². The zero-order valence-corrected chi connectivity index (χ0v) is 7.15. The molecule has 0 amide bonds. The lowest BCUT2D eigenvalue weighted by Gasteiger charge is -2.11. The number of aliphatic hydroxyl groups is 1. The molecule has 0 spiro atoms. The van der Waals surface area contributed by atoms with E-state index in [0.29, 0.717) is 0 Å². The van der Waals surface area contributed by atoms with Crippen LogP contribution in [0.3, 0.4) is 0 Å². The average molecular weight is 206 g/mol. The molecule has 1 rings (SSSR count). The van der Waals surface area contributed by atoms with Gasteiger partial charge in [-0.25, -0.2) is 4.39 Å². The summed E-state index contributed by atoms with van der Waals surface area (Å²) in [7, 11) is -4.77. The van der Waals surface area contributed by atoms with E-state index in [1.54, 1.807) is 0 Å². The number of aliphatic hydroxyl groups excluding tert-OH is 1. The lowest BCUT2D eigenvalue weighted by molar-refractivity contribution is 0.197. The first-order valence-corrected chi connectivity index (χ1v) is 4.86. The summed E-state index contributed by atoms with van der Waals surface area (Å²) >= 11 is 0. The summed E-state index contributed by atoms with van der Waals surface area (Å²) in [6.45, 7) is 0. The first-order chi connectivity index (χ1) is 5.93. The largest absolute Gasteiger partial charge is 0.375 e. The van der Waals surface area contributed by atoms with E-state index in [2.05, 4.69) is 4.98 Å². The molecule has 0 saturated heterocycles. The lowest BCUT2D eigenvalue weighted by atomic mass is 10.3. The van der Waals surface area contributed by atoms with Crippen molar-refractivity contribution in [1.29, 1.82) is 0 Å². The Hall–Kier alpha value is -0.810. The molecule has 0 bridgehead atoms. The van der Waals surface area contributed by atoms with Crippen molar-refractivity contribution in [3.63, 3.8) is 0 Å².